The van der Waals surface area contributed by atoms with E-state index in [9.17, 15) is 9.59 Å². The van der Waals surface area contributed by atoms with Crippen LogP contribution >= 0.6 is 23.1 Å². The predicted octanol–water partition coefficient (Wildman–Crippen LogP) is 5.91. The van der Waals surface area contributed by atoms with E-state index in [1.54, 1.807) is 23.9 Å². The highest BCUT2D eigenvalue weighted by Gasteiger charge is 2.21. The third kappa shape index (κ3) is 5.48. The predicted molar refractivity (Wildman–Crippen MR) is 129 cm³/mol. The molecule has 1 N–H and O–H groups in total. The molecule has 0 saturated carbocycles. The Kier molecular flexibility index (Phi) is 6.92. The molecule has 154 valence electrons. The fourth-order valence-electron chi connectivity index (χ4n) is 3.03. The lowest BCUT2D eigenvalue weighted by Crippen LogP contribution is -2.13. The van der Waals surface area contributed by atoms with Crippen LogP contribution in [0.2, 0.25) is 0 Å². The van der Waals surface area contributed by atoms with Gasteiger partial charge in [0, 0.05) is 16.9 Å². The Morgan fingerprint density at radius 3 is 2.13 bits per heavy atom. The molecule has 4 rings (SSSR count). The molecule has 1 amide bonds. The summed E-state index contributed by atoms with van der Waals surface area (Å²) in [5, 5.41) is 3.29. The fraction of sp³-hybridized carbons (Fsp3) is 0.0800. The van der Waals surface area contributed by atoms with E-state index in [4.69, 9.17) is 0 Å². The number of nitrogens with one attached hydrogen (secondary N) is 1. The molecule has 1 aromatic heterocycles. The van der Waals surface area contributed by atoms with Gasteiger partial charge in [0.15, 0.2) is 5.13 Å². The van der Waals surface area contributed by atoms with Crippen molar-refractivity contribution < 1.29 is 9.59 Å². The van der Waals surface area contributed by atoms with E-state index in [-0.39, 0.29) is 11.7 Å². The molecule has 0 spiro atoms. The second-order valence-corrected chi connectivity index (χ2v) is 8.77. The molecule has 0 saturated heterocycles. The van der Waals surface area contributed by atoms with Crippen molar-refractivity contribution in [1.29, 1.82) is 0 Å². The average molecular weight is 445 g/mol. The van der Waals surface area contributed by atoms with Gasteiger partial charge in [0.1, 0.15) is 4.88 Å². The molecule has 0 fully saturated rings. The van der Waals surface area contributed by atoms with Gasteiger partial charge in [-0.1, -0.05) is 102 Å². The molecule has 0 bridgehead atoms. The van der Waals surface area contributed by atoms with E-state index in [1.807, 2.05) is 78.9 Å². The van der Waals surface area contributed by atoms with Crippen molar-refractivity contribution >= 4 is 39.9 Å². The number of hydrogen-bond donors (Lipinski definition) is 1. The Labute approximate surface area is 189 Å². The molecule has 0 aliphatic carbocycles. The largest absolute Gasteiger partial charge is 0.301 e. The van der Waals surface area contributed by atoms with Crippen molar-refractivity contribution in [3.05, 3.63) is 107 Å². The zero-order chi connectivity index (χ0) is 21.5. The highest BCUT2D eigenvalue weighted by molar-refractivity contribution is 7.99. The van der Waals surface area contributed by atoms with E-state index < -0.39 is 0 Å². The number of amides is 1. The van der Waals surface area contributed by atoms with E-state index in [0.717, 1.165) is 11.3 Å². The van der Waals surface area contributed by atoms with Crippen LogP contribution in [0.4, 0.5) is 5.13 Å². The highest BCUT2D eigenvalue weighted by Crippen LogP contribution is 2.33. The molecule has 0 unspecified atom stereocenters. The summed E-state index contributed by atoms with van der Waals surface area (Å²) in [6.07, 6.45) is 0. The van der Waals surface area contributed by atoms with E-state index in [0.29, 0.717) is 27.0 Å². The molecule has 1 heterocycles. The van der Waals surface area contributed by atoms with Crippen LogP contribution in [0.3, 0.4) is 0 Å². The van der Waals surface area contributed by atoms with Gasteiger partial charge in [-0.3, -0.25) is 9.59 Å². The van der Waals surface area contributed by atoms with Crippen molar-refractivity contribution in [2.45, 2.75) is 5.75 Å². The zero-order valence-corrected chi connectivity index (χ0v) is 18.3. The van der Waals surface area contributed by atoms with Crippen LogP contribution in [-0.2, 0) is 10.5 Å². The van der Waals surface area contributed by atoms with Gasteiger partial charge in [-0.25, -0.2) is 4.98 Å². The number of aromatic nitrogens is 1. The maximum Gasteiger partial charge on any atom is 0.236 e. The molecular weight excluding hydrogens is 424 g/mol. The first-order valence-corrected chi connectivity index (χ1v) is 11.8. The summed E-state index contributed by atoms with van der Waals surface area (Å²) < 4.78 is 0. The number of carbonyl (C=O) groups excluding carboxylic acids is 2. The van der Waals surface area contributed by atoms with Crippen LogP contribution in [0.5, 0.6) is 0 Å². The summed E-state index contributed by atoms with van der Waals surface area (Å²) in [6, 6.07) is 28.7. The summed E-state index contributed by atoms with van der Waals surface area (Å²) in [5.41, 5.74) is 3.21. The summed E-state index contributed by atoms with van der Waals surface area (Å²) in [7, 11) is 0. The van der Waals surface area contributed by atoms with Crippen molar-refractivity contribution in [2.24, 2.45) is 0 Å². The molecule has 0 aliphatic rings. The quantitative estimate of drug-likeness (QED) is 0.343. The minimum atomic E-state index is -0.131. The van der Waals surface area contributed by atoms with Crippen molar-refractivity contribution in [3.8, 4) is 11.3 Å². The lowest BCUT2D eigenvalue weighted by Gasteiger charge is -2.02. The van der Waals surface area contributed by atoms with Crippen LogP contribution in [0, 0.1) is 0 Å². The first kappa shape index (κ1) is 21.0. The molecule has 6 heteroatoms. The second kappa shape index (κ2) is 10.2. The summed E-state index contributed by atoms with van der Waals surface area (Å²) in [4.78, 5) is 30.7. The van der Waals surface area contributed by atoms with Crippen molar-refractivity contribution in [2.75, 3.05) is 11.1 Å². The number of thioether (sulfide) groups is 1. The second-order valence-electron chi connectivity index (χ2n) is 6.78. The number of carbonyl (C=O) groups is 2. The highest BCUT2D eigenvalue weighted by atomic mass is 32.2. The Morgan fingerprint density at radius 1 is 0.839 bits per heavy atom. The minimum Gasteiger partial charge on any atom is -0.301 e. The average Bonchev–Trinajstić information content (AvgIpc) is 3.24. The number of hydrogen-bond acceptors (Lipinski definition) is 5. The third-order valence-corrected chi connectivity index (χ3v) is 6.48. The zero-order valence-electron chi connectivity index (χ0n) is 16.7. The standard InChI is InChI=1S/C25H20N2O2S2/c28-21(17-30-16-18-10-4-1-5-11-18)26-25-27-22(19-12-6-2-7-13-19)24(31-25)23(29)20-14-8-3-9-15-20/h1-15H,16-17H2,(H,26,27,28). The Balaban J connectivity index is 1.51. The molecule has 3 aromatic carbocycles. The third-order valence-electron chi connectivity index (χ3n) is 4.51. The lowest BCUT2D eigenvalue weighted by molar-refractivity contribution is -0.113. The van der Waals surface area contributed by atoms with Gasteiger partial charge in [-0.05, 0) is 5.56 Å². The van der Waals surface area contributed by atoms with Gasteiger partial charge in [0.2, 0.25) is 11.7 Å². The maximum atomic E-state index is 13.1. The number of benzene rings is 3. The first-order chi connectivity index (χ1) is 15.2. The number of nitrogens with zero attached hydrogens (tertiary/aromatic N) is 1. The molecular formula is C25H20N2O2S2. The SMILES string of the molecule is O=C(CSCc1ccccc1)Nc1nc(-c2ccccc2)c(C(=O)c2ccccc2)s1. The number of anilines is 1. The number of rotatable bonds is 8. The minimum absolute atomic E-state index is 0.101. The smallest absolute Gasteiger partial charge is 0.236 e. The van der Waals surface area contributed by atoms with Gasteiger partial charge < -0.3 is 5.32 Å². The lowest BCUT2D eigenvalue weighted by atomic mass is 10.1. The summed E-state index contributed by atoms with van der Waals surface area (Å²) in [5.74, 6) is 0.847. The molecule has 0 aliphatic heterocycles. The van der Waals surface area contributed by atoms with Crippen molar-refractivity contribution in [1.82, 2.24) is 4.98 Å². The van der Waals surface area contributed by atoms with E-state index in [1.165, 1.54) is 16.9 Å². The van der Waals surface area contributed by atoms with E-state index in [2.05, 4.69) is 10.3 Å². The maximum absolute atomic E-state index is 13.1. The topological polar surface area (TPSA) is 59.1 Å². The summed E-state index contributed by atoms with van der Waals surface area (Å²) >= 11 is 2.76. The number of ketones is 1. The van der Waals surface area contributed by atoms with Gasteiger partial charge in [0.25, 0.3) is 0 Å². The van der Waals surface area contributed by atoms with Gasteiger partial charge in [-0.15, -0.1) is 11.8 Å². The fourth-order valence-corrected chi connectivity index (χ4v) is 4.78. The molecule has 0 atom stereocenters. The van der Waals surface area contributed by atoms with Crippen LogP contribution in [0.15, 0.2) is 91.0 Å². The Morgan fingerprint density at radius 2 is 1.45 bits per heavy atom. The van der Waals surface area contributed by atoms with Crippen LogP contribution in [0.1, 0.15) is 20.8 Å². The normalized spacial score (nSPS) is 10.6. The van der Waals surface area contributed by atoms with Crippen LogP contribution < -0.4 is 5.32 Å². The first-order valence-electron chi connectivity index (χ1n) is 9.78. The monoisotopic (exact) mass is 444 g/mol. The summed E-state index contributed by atoms with van der Waals surface area (Å²) in [6.45, 7) is 0. The number of thiazole rings is 1. The van der Waals surface area contributed by atoms with Crippen LogP contribution in [0.25, 0.3) is 11.3 Å². The molecule has 0 radical (unpaired) electrons. The molecule has 4 aromatic rings. The van der Waals surface area contributed by atoms with Crippen LogP contribution in [-0.4, -0.2) is 22.4 Å². The van der Waals surface area contributed by atoms with Gasteiger partial charge >= 0.3 is 0 Å². The Hall–Kier alpha value is -3.22. The molecule has 31 heavy (non-hydrogen) atoms. The van der Waals surface area contributed by atoms with Gasteiger partial charge in [0.05, 0.1) is 11.4 Å². The van der Waals surface area contributed by atoms with Crippen molar-refractivity contribution in [3.63, 3.8) is 0 Å². The van der Waals surface area contributed by atoms with E-state index >= 15 is 0 Å². The Bertz CT molecular complexity index is 1160. The molecule has 4 nitrogen and oxygen atoms in total. The van der Waals surface area contributed by atoms with Gasteiger partial charge in [-0.2, -0.15) is 0 Å².